The molecule has 0 radical (unpaired) electrons. The Morgan fingerprint density at radius 1 is 1.00 bits per heavy atom. The molecule has 5 heteroatoms. The summed E-state index contributed by atoms with van der Waals surface area (Å²) in [4.78, 5) is 0. The Labute approximate surface area is 165 Å². The van der Waals surface area contributed by atoms with Crippen LogP contribution in [0.15, 0.2) is 36.4 Å². The van der Waals surface area contributed by atoms with Crippen LogP contribution < -0.4 is 9.47 Å². The first-order valence-corrected chi connectivity index (χ1v) is 9.97. The molecule has 1 heterocycles. The zero-order valence-corrected chi connectivity index (χ0v) is 16.5. The van der Waals surface area contributed by atoms with Crippen LogP contribution in [-0.2, 0) is 11.3 Å². The molecule has 0 aliphatic carbocycles. The Hall–Kier alpha value is -2.14. The van der Waals surface area contributed by atoms with E-state index in [2.05, 4.69) is 6.92 Å². The van der Waals surface area contributed by atoms with Crippen molar-refractivity contribution in [2.75, 3.05) is 13.7 Å². The second-order valence-electron chi connectivity index (χ2n) is 7.33. The smallest absolute Gasteiger partial charge is 0.204 e. The van der Waals surface area contributed by atoms with Gasteiger partial charge in [-0.1, -0.05) is 44.0 Å². The fourth-order valence-corrected chi connectivity index (χ4v) is 3.56. The van der Waals surface area contributed by atoms with E-state index < -0.39 is 11.6 Å². The zero-order valence-electron chi connectivity index (χ0n) is 16.5. The van der Waals surface area contributed by atoms with Gasteiger partial charge in [0.05, 0.1) is 19.8 Å². The summed E-state index contributed by atoms with van der Waals surface area (Å²) in [6.07, 6.45) is 6.14. The molecule has 0 aromatic heterocycles. The van der Waals surface area contributed by atoms with Gasteiger partial charge in [-0.05, 0) is 48.4 Å². The Bertz CT molecular complexity index is 753. The number of ether oxygens (including phenoxy) is 3. The molecule has 1 aliphatic rings. The van der Waals surface area contributed by atoms with E-state index >= 15 is 0 Å². The Morgan fingerprint density at radius 3 is 2.36 bits per heavy atom. The van der Waals surface area contributed by atoms with Gasteiger partial charge in [0.15, 0.2) is 11.5 Å². The van der Waals surface area contributed by atoms with Crippen molar-refractivity contribution in [2.45, 2.75) is 51.7 Å². The number of hydrogen-bond acceptors (Lipinski definition) is 3. The van der Waals surface area contributed by atoms with Crippen LogP contribution in [0.3, 0.4) is 0 Å². The predicted octanol–water partition coefficient (Wildman–Crippen LogP) is 6.21. The molecule has 1 saturated heterocycles. The van der Waals surface area contributed by atoms with Gasteiger partial charge in [0.1, 0.15) is 6.61 Å². The summed E-state index contributed by atoms with van der Waals surface area (Å²) in [5.41, 5.74) is 2.04. The first-order chi connectivity index (χ1) is 13.6. The van der Waals surface area contributed by atoms with Gasteiger partial charge in [-0.25, -0.2) is 0 Å². The summed E-state index contributed by atoms with van der Waals surface area (Å²) in [6.45, 7) is 3.21. The van der Waals surface area contributed by atoms with Gasteiger partial charge >= 0.3 is 0 Å². The highest BCUT2D eigenvalue weighted by molar-refractivity contribution is 5.35. The fraction of sp³-hybridized carbons (Fsp3) is 0.478. The molecule has 0 saturated carbocycles. The zero-order chi connectivity index (χ0) is 19.9. The number of halogens is 2. The van der Waals surface area contributed by atoms with Gasteiger partial charge < -0.3 is 14.2 Å². The largest absolute Gasteiger partial charge is 0.494 e. The molecule has 3 rings (SSSR count). The van der Waals surface area contributed by atoms with Gasteiger partial charge in [-0.15, -0.1) is 0 Å². The topological polar surface area (TPSA) is 27.7 Å². The SMILES string of the molecule is CCCCC1CCC(c2ccc(COc3ccc(OC)c(F)c3F)cc2)OC1. The highest BCUT2D eigenvalue weighted by Crippen LogP contribution is 2.33. The van der Waals surface area contributed by atoms with E-state index in [0.29, 0.717) is 5.92 Å². The van der Waals surface area contributed by atoms with Crippen LogP contribution >= 0.6 is 0 Å². The third kappa shape index (κ3) is 5.02. The maximum Gasteiger partial charge on any atom is 0.204 e. The molecule has 3 nitrogen and oxygen atoms in total. The summed E-state index contributed by atoms with van der Waals surface area (Å²) in [5.74, 6) is -1.66. The van der Waals surface area contributed by atoms with Crippen LogP contribution in [0.25, 0.3) is 0 Å². The Morgan fingerprint density at radius 2 is 1.71 bits per heavy atom. The average Bonchev–Trinajstić information content (AvgIpc) is 2.74. The minimum Gasteiger partial charge on any atom is -0.494 e. The van der Waals surface area contributed by atoms with Crippen molar-refractivity contribution in [1.82, 2.24) is 0 Å². The van der Waals surface area contributed by atoms with Gasteiger partial charge in [0, 0.05) is 0 Å². The normalized spacial score (nSPS) is 19.4. The van der Waals surface area contributed by atoms with E-state index in [-0.39, 0.29) is 24.2 Å². The number of unbranched alkanes of at least 4 members (excludes halogenated alkanes) is 1. The Kier molecular flexibility index (Phi) is 7.26. The van der Waals surface area contributed by atoms with Crippen molar-refractivity contribution in [3.8, 4) is 11.5 Å². The van der Waals surface area contributed by atoms with Crippen LogP contribution in [0.5, 0.6) is 11.5 Å². The lowest BCUT2D eigenvalue weighted by Crippen LogP contribution is -2.20. The maximum atomic E-state index is 14.0. The molecule has 0 bridgehead atoms. The predicted molar refractivity (Wildman–Crippen MR) is 105 cm³/mol. The van der Waals surface area contributed by atoms with E-state index in [1.54, 1.807) is 0 Å². The highest BCUT2D eigenvalue weighted by Gasteiger charge is 2.22. The van der Waals surface area contributed by atoms with Gasteiger partial charge in [0.2, 0.25) is 11.6 Å². The van der Waals surface area contributed by atoms with E-state index in [9.17, 15) is 8.78 Å². The molecule has 1 aliphatic heterocycles. The minimum atomic E-state index is -1.04. The fourth-order valence-electron chi connectivity index (χ4n) is 3.56. The quantitative estimate of drug-likeness (QED) is 0.536. The molecule has 28 heavy (non-hydrogen) atoms. The van der Waals surface area contributed by atoms with Crippen LogP contribution in [0.4, 0.5) is 8.78 Å². The Balaban J connectivity index is 1.53. The number of hydrogen-bond donors (Lipinski definition) is 0. The van der Waals surface area contributed by atoms with Gasteiger partial charge in [-0.3, -0.25) is 0 Å². The molecule has 0 N–H and O–H groups in total. The van der Waals surface area contributed by atoms with Crippen molar-refractivity contribution in [3.63, 3.8) is 0 Å². The van der Waals surface area contributed by atoms with Crippen LogP contribution in [0, 0.1) is 17.6 Å². The van der Waals surface area contributed by atoms with Crippen molar-refractivity contribution < 1.29 is 23.0 Å². The van der Waals surface area contributed by atoms with Gasteiger partial charge in [0.25, 0.3) is 0 Å². The second kappa shape index (κ2) is 9.87. The van der Waals surface area contributed by atoms with E-state index in [1.807, 2.05) is 24.3 Å². The summed E-state index contributed by atoms with van der Waals surface area (Å²) in [5, 5.41) is 0. The van der Waals surface area contributed by atoms with Crippen molar-refractivity contribution in [3.05, 3.63) is 59.2 Å². The molecule has 2 aromatic rings. The lowest BCUT2D eigenvalue weighted by atomic mass is 9.91. The second-order valence-corrected chi connectivity index (χ2v) is 7.33. The van der Waals surface area contributed by atoms with Crippen molar-refractivity contribution >= 4 is 0 Å². The molecule has 2 unspecified atom stereocenters. The molecule has 1 fully saturated rings. The lowest BCUT2D eigenvalue weighted by molar-refractivity contribution is -0.0198. The first-order valence-electron chi connectivity index (χ1n) is 9.97. The third-order valence-electron chi connectivity index (χ3n) is 5.31. The molecule has 0 amide bonds. The standard InChI is InChI=1S/C23H28F2O3/c1-3-4-5-16-8-11-19(27-14-16)18-9-6-17(7-10-18)15-28-21-13-12-20(26-2)22(24)23(21)25/h6-7,9-10,12-13,16,19H,3-5,8,11,14-15H2,1-2H3. The van der Waals surface area contributed by atoms with Crippen LogP contribution in [-0.4, -0.2) is 13.7 Å². The monoisotopic (exact) mass is 390 g/mol. The summed E-state index contributed by atoms with van der Waals surface area (Å²) in [7, 11) is 1.29. The van der Waals surface area contributed by atoms with E-state index in [0.717, 1.165) is 24.2 Å². The van der Waals surface area contributed by atoms with Crippen molar-refractivity contribution in [2.24, 2.45) is 5.92 Å². The summed E-state index contributed by atoms with van der Waals surface area (Å²) >= 11 is 0. The first kappa shape index (κ1) is 20.6. The van der Waals surface area contributed by atoms with Crippen LogP contribution in [0.1, 0.15) is 56.3 Å². The average molecular weight is 390 g/mol. The summed E-state index contributed by atoms with van der Waals surface area (Å²) in [6, 6.07) is 10.7. The van der Waals surface area contributed by atoms with E-state index in [4.69, 9.17) is 14.2 Å². The van der Waals surface area contributed by atoms with E-state index in [1.165, 1.54) is 44.9 Å². The highest BCUT2D eigenvalue weighted by atomic mass is 19.2. The third-order valence-corrected chi connectivity index (χ3v) is 5.31. The van der Waals surface area contributed by atoms with Crippen molar-refractivity contribution in [1.29, 1.82) is 0 Å². The lowest BCUT2D eigenvalue weighted by Gasteiger charge is -2.29. The molecular formula is C23H28F2O3. The molecule has 0 spiro atoms. The minimum absolute atomic E-state index is 0.129. The number of rotatable bonds is 8. The molecular weight excluding hydrogens is 362 g/mol. The molecule has 2 aromatic carbocycles. The maximum absolute atomic E-state index is 14.0. The number of methoxy groups -OCH3 is 1. The number of benzene rings is 2. The van der Waals surface area contributed by atoms with Gasteiger partial charge in [-0.2, -0.15) is 8.78 Å². The molecule has 2 atom stereocenters. The van der Waals surface area contributed by atoms with Crippen LogP contribution in [0.2, 0.25) is 0 Å². The molecule has 152 valence electrons. The summed E-state index contributed by atoms with van der Waals surface area (Å²) < 4.78 is 44.0.